The molecule has 36 heavy (non-hydrogen) atoms. The topological polar surface area (TPSA) is 200 Å². The molecule has 0 spiro atoms. The lowest BCUT2D eigenvalue weighted by atomic mass is 9.53. The molecule has 0 radical (unpaired) electrons. The first kappa shape index (κ1) is 27.2. The van der Waals surface area contributed by atoms with Crippen molar-refractivity contribution < 1.29 is 54.2 Å². The first-order valence-corrected chi connectivity index (χ1v) is 11.7. The van der Waals surface area contributed by atoms with Crippen LogP contribution in [0.4, 0.5) is 4.79 Å². The average Bonchev–Trinajstić information content (AvgIpc) is 2.78. The first-order chi connectivity index (χ1) is 17.0. The highest BCUT2D eigenvalue weighted by Gasteiger charge is 2.51. The van der Waals surface area contributed by atoms with Crippen LogP contribution in [-0.2, 0) is 31.0 Å². The Hall–Kier alpha value is -3.38. The molecule has 6 N–H and O–H groups in total. The minimum Gasteiger partial charge on any atom is -0.481 e. The maximum absolute atomic E-state index is 10.4. The monoisotopic (exact) mass is 509 g/mol. The second-order valence-corrected chi connectivity index (χ2v) is 9.49. The molecule has 12 nitrogen and oxygen atoms in total. The Kier molecular flexibility index (Phi) is 8.41. The normalized spacial score (nSPS) is 24.1. The lowest BCUT2D eigenvalue weighted by Gasteiger charge is -2.56. The molecule has 0 amide bonds. The van der Waals surface area contributed by atoms with E-state index in [1.165, 1.54) is 43.2 Å². The number of rotatable bonds is 8. The van der Waals surface area contributed by atoms with Gasteiger partial charge in [-0.25, -0.2) is 9.59 Å². The number of fused-ring (bicyclic) bond motifs is 1. The van der Waals surface area contributed by atoms with Gasteiger partial charge in [-0.05, 0) is 61.4 Å². The number of carbonyl (C=O) groups is 4. The number of carboxylic acid groups (broad SMARTS) is 4. The number of aliphatic hydroxyl groups is 1. The van der Waals surface area contributed by atoms with Crippen LogP contribution in [0.25, 0.3) is 0 Å². The zero-order valence-corrected chi connectivity index (χ0v) is 19.6. The van der Waals surface area contributed by atoms with Gasteiger partial charge in [0.2, 0.25) is 6.79 Å². The molecule has 1 aliphatic heterocycles. The standard InChI is InChI=1S/C18H23NO4.C6H8O7/c20-17(21)23-11-22-13-5-4-12-9-16-14-3-1-2-6-18(14,7-8-19-16)15(12)10-13;7-3(8)1-6(13,5(11)12)2-4(9)10/h4-5,10,14,16,19H,1-3,6-9,11H2,(H,20,21);13H,1-2H2,(H,7,8)(H,9,10)(H,11,12)/t14-,16+,18+;/m0./s1. The van der Waals surface area contributed by atoms with Crippen LogP contribution < -0.4 is 10.1 Å². The summed E-state index contributed by atoms with van der Waals surface area (Å²) in [4.78, 5) is 40.9. The van der Waals surface area contributed by atoms with Gasteiger partial charge < -0.3 is 40.3 Å². The smallest absolute Gasteiger partial charge is 0.481 e. The van der Waals surface area contributed by atoms with E-state index in [-0.39, 0.29) is 12.2 Å². The van der Waals surface area contributed by atoms with E-state index in [0.29, 0.717) is 11.8 Å². The number of hydrogen-bond donors (Lipinski definition) is 6. The highest BCUT2D eigenvalue weighted by Crippen LogP contribution is 2.54. The minimum absolute atomic E-state index is 0.255. The molecule has 198 valence electrons. The molecule has 3 aliphatic rings. The number of hydrogen-bond acceptors (Lipinski definition) is 8. The Labute approximate surface area is 206 Å². The van der Waals surface area contributed by atoms with Crippen molar-refractivity contribution in [2.45, 2.75) is 68.4 Å². The summed E-state index contributed by atoms with van der Waals surface area (Å²) in [6, 6.07) is 6.83. The van der Waals surface area contributed by atoms with E-state index < -0.39 is 42.5 Å². The summed E-state index contributed by atoms with van der Waals surface area (Å²) >= 11 is 0. The molecule has 12 heteroatoms. The van der Waals surface area contributed by atoms with Gasteiger partial charge in [-0.3, -0.25) is 9.59 Å². The van der Waals surface area contributed by atoms with E-state index in [1.54, 1.807) is 0 Å². The number of benzene rings is 1. The maximum atomic E-state index is 10.4. The fourth-order valence-electron chi connectivity index (χ4n) is 5.86. The van der Waals surface area contributed by atoms with Crippen LogP contribution in [0, 0.1) is 5.92 Å². The van der Waals surface area contributed by atoms with Crippen LogP contribution >= 0.6 is 0 Å². The molecule has 0 unspecified atom stereocenters. The Morgan fingerprint density at radius 3 is 2.33 bits per heavy atom. The molecule has 2 fully saturated rings. The van der Waals surface area contributed by atoms with E-state index >= 15 is 0 Å². The summed E-state index contributed by atoms with van der Waals surface area (Å²) < 4.78 is 9.94. The maximum Gasteiger partial charge on any atom is 0.508 e. The fraction of sp³-hybridized carbons (Fsp3) is 0.583. The van der Waals surface area contributed by atoms with Gasteiger partial charge in [0, 0.05) is 11.5 Å². The quantitative estimate of drug-likeness (QED) is 0.220. The molecule has 3 atom stereocenters. The third-order valence-electron chi connectivity index (χ3n) is 7.31. The molecule has 4 rings (SSSR count). The predicted octanol–water partition coefficient (Wildman–Crippen LogP) is 1.82. The summed E-state index contributed by atoms with van der Waals surface area (Å²) in [7, 11) is 0. The van der Waals surface area contributed by atoms with Crippen molar-refractivity contribution in [3.8, 4) is 5.75 Å². The van der Waals surface area contributed by atoms with E-state index in [1.807, 2.05) is 6.07 Å². The zero-order valence-electron chi connectivity index (χ0n) is 19.6. The Morgan fingerprint density at radius 1 is 1.03 bits per heavy atom. The summed E-state index contributed by atoms with van der Waals surface area (Å²) in [6.45, 7) is 0.836. The highest BCUT2D eigenvalue weighted by molar-refractivity contribution is 5.88. The van der Waals surface area contributed by atoms with Gasteiger partial charge >= 0.3 is 24.1 Å². The number of aliphatic carboxylic acids is 3. The second-order valence-electron chi connectivity index (χ2n) is 9.49. The van der Waals surface area contributed by atoms with Crippen molar-refractivity contribution in [3.63, 3.8) is 0 Å². The molecule has 1 saturated carbocycles. The predicted molar refractivity (Wildman–Crippen MR) is 122 cm³/mol. The summed E-state index contributed by atoms with van der Waals surface area (Å²) in [5.41, 5.74) is 0.409. The first-order valence-electron chi connectivity index (χ1n) is 11.7. The van der Waals surface area contributed by atoms with Crippen LogP contribution in [0.1, 0.15) is 56.1 Å². The van der Waals surface area contributed by atoms with Gasteiger partial charge in [0.15, 0.2) is 5.60 Å². The van der Waals surface area contributed by atoms with E-state index in [4.69, 9.17) is 30.3 Å². The van der Waals surface area contributed by atoms with Crippen LogP contribution in [0.5, 0.6) is 5.75 Å². The van der Waals surface area contributed by atoms with Crippen LogP contribution in [0.3, 0.4) is 0 Å². The number of piperidine rings is 1. The number of carboxylic acids is 3. The molecule has 1 heterocycles. The molecular weight excluding hydrogens is 478 g/mol. The van der Waals surface area contributed by atoms with Crippen molar-refractivity contribution in [1.82, 2.24) is 5.32 Å². The lowest BCUT2D eigenvalue weighted by molar-refractivity contribution is -0.170. The average molecular weight is 510 g/mol. The van der Waals surface area contributed by atoms with E-state index in [9.17, 15) is 19.2 Å². The molecular formula is C24H31NO11. The van der Waals surface area contributed by atoms with E-state index in [0.717, 1.165) is 18.9 Å². The van der Waals surface area contributed by atoms with Gasteiger partial charge in [-0.2, -0.15) is 0 Å². The van der Waals surface area contributed by atoms with Gasteiger partial charge in [-0.1, -0.05) is 18.9 Å². The Morgan fingerprint density at radius 2 is 1.72 bits per heavy atom. The summed E-state index contributed by atoms with van der Waals surface area (Å²) in [5, 5.41) is 46.1. The Bertz CT molecular complexity index is 990. The van der Waals surface area contributed by atoms with Crippen molar-refractivity contribution in [2.75, 3.05) is 13.3 Å². The molecule has 1 aromatic rings. The third-order valence-corrected chi connectivity index (χ3v) is 7.31. The van der Waals surface area contributed by atoms with Crippen molar-refractivity contribution >= 4 is 24.1 Å². The molecule has 2 bridgehead atoms. The van der Waals surface area contributed by atoms with Crippen LogP contribution in [-0.4, -0.2) is 74.6 Å². The fourth-order valence-corrected chi connectivity index (χ4v) is 5.86. The minimum atomic E-state index is -2.74. The lowest BCUT2D eigenvalue weighted by Crippen LogP contribution is -2.59. The molecule has 1 aromatic carbocycles. The summed E-state index contributed by atoms with van der Waals surface area (Å²) in [5.74, 6) is -3.58. The van der Waals surface area contributed by atoms with Crippen LogP contribution in [0.2, 0.25) is 0 Å². The van der Waals surface area contributed by atoms with Crippen molar-refractivity contribution in [2.24, 2.45) is 5.92 Å². The third kappa shape index (κ3) is 6.05. The molecule has 0 aromatic heterocycles. The second kappa shape index (κ2) is 11.1. The molecule has 2 aliphatic carbocycles. The molecule has 1 saturated heterocycles. The van der Waals surface area contributed by atoms with E-state index in [2.05, 4.69) is 22.2 Å². The van der Waals surface area contributed by atoms with Crippen LogP contribution in [0.15, 0.2) is 18.2 Å². The SMILES string of the molecule is O=C(O)CC(O)(CC(=O)O)C(=O)O.O=C(O)OCOc1ccc2c(c1)[C@@]13CCCC[C@H]1[C@@H](C2)NCC3. The zero-order chi connectivity index (χ0) is 26.5. The largest absolute Gasteiger partial charge is 0.508 e. The van der Waals surface area contributed by atoms with Gasteiger partial charge in [-0.15, -0.1) is 0 Å². The van der Waals surface area contributed by atoms with Gasteiger partial charge in [0.1, 0.15) is 5.75 Å². The van der Waals surface area contributed by atoms with Crippen molar-refractivity contribution in [3.05, 3.63) is 29.3 Å². The van der Waals surface area contributed by atoms with Gasteiger partial charge in [0.05, 0.1) is 12.8 Å². The van der Waals surface area contributed by atoms with Crippen molar-refractivity contribution in [1.29, 1.82) is 0 Å². The Balaban J connectivity index is 0.000000240. The summed E-state index contributed by atoms with van der Waals surface area (Å²) in [6.07, 6.45) is 3.89. The highest BCUT2D eigenvalue weighted by atomic mass is 16.7. The van der Waals surface area contributed by atoms with Gasteiger partial charge in [0.25, 0.3) is 0 Å². The number of nitrogens with one attached hydrogen (secondary N) is 1. The number of ether oxygens (including phenoxy) is 2.